The van der Waals surface area contributed by atoms with Gasteiger partial charge in [-0.3, -0.25) is 5.01 Å². The monoisotopic (exact) mass is 231 g/mol. The zero-order chi connectivity index (χ0) is 12.1. The van der Waals surface area contributed by atoms with Crippen LogP contribution in [0, 0.1) is 0 Å². The molecule has 92 valence electrons. The van der Waals surface area contributed by atoms with Crippen LogP contribution in [0.3, 0.4) is 0 Å². The summed E-state index contributed by atoms with van der Waals surface area (Å²) >= 11 is 0. The molecule has 0 amide bonds. The molecule has 1 saturated heterocycles. The van der Waals surface area contributed by atoms with Crippen LogP contribution in [-0.2, 0) is 0 Å². The van der Waals surface area contributed by atoms with Gasteiger partial charge in [-0.1, -0.05) is 12.1 Å². The lowest BCUT2D eigenvalue weighted by molar-refractivity contribution is 0.239. The Morgan fingerprint density at radius 3 is 2.35 bits per heavy atom. The van der Waals surface area contributed by atoms with Crippen LogP contribution < -0.4 is 5.32 Å². The van der Waals surface area contributed by atoms with Crippen molar-refractivity contribution in [3.05, 3.63) is 29.8 Å². The number of hydrazone groups is 1. The molecule has 1 aromatic rings. The predicted octanol–water partition coefficient (Wildman–Crippen LogP) is 2.94. The Morgan fingerprint density at radius 1 is 1.12 bits per heavy atom. The average molecular weight is 231 g/mol. The van der Waals surface area contributed by atoms with Gasteiger partial charge in [0.2, 0.25) is 0 Å². The summed E-state index contributed by atoms with van der Waals surface area (Å²) in [6.45, 7) is 4.29. The van der Waals surface area contributed by atoms with Crippen molar-refractivity contribution in [3.8, 4) is 0 Å². The largest absolute Gasteiger partial charge is 0.388 e. The second kappa shape index (κ2) is 5.71. The lowest BCUT2D eigenvalue weighted by atomic mass is 10.1. The highest BCUT2D eigenvalue weighted by molar-refractivity contribution is 5.98. The third-order valence-electron chi connectivity index (χ3n) is 3.22. The molecule has 3 nitrogen and oxygen atoms in total. The second-order valence-corrected chi connectivity index (χ2v) is 4.53. The first-order chi connectivity index (χ1) is 8.29. The van der Waals surface area contributed by atoms with Crippen LogP contribution in [0.1, 0.15) is 31.7 Å². The Bertz CT molecular complexity index is 375. The summed E-state index contributed by atoms with van der Waals surface area (Å²) in [5.41, 5.74) is 3.45. The number of benzene rings is 1. The van der Waals surface area contributed by atoms with Crippen molar-refractivity contribution in [1.29, 1.82) is 0 Å². The summed E-state index contributed by atoms with van der Waals surface area (Å²) < 4.78 is 0. The van der Waals surface area contributed by atoms with Crippen molar-refractivity contribution in [2.75, 3.05) is 25.5 Å². The Hall–Kier alpha value is -1.51. The molecule has 1 aliphatic heterocycles. The van der Waals surface area contributed by atoms with Gasteiger partial charge in [-0.15, -0.1) is 0 Å². The summed E-state index contributed by atoms with van der Waals surface area (Å²) in [5, 5.41) is 10.0. The fourth-order valence-electron chi connectivity index (χ4n) is 2.13. The number of anilines is 1. The molecule has 17 heavy (non-hydrogen) atoms. The van der Waals surface area contributed by atoms with Gasteiger partial charge in [0, 0.05) is 25.8 Å². The van der Waals surface area contributed by atoms with E-state index in [0.717, 1.165) is 24.5 Å². The zero-order valence-corrected chi connectivity index (χ0v) is 10.7. The van der Waals surface area contributed by atoms with E-state index in [1.54, 1.807) is 0 Å². The topological polar surface area (TPSA) is 27.6 Å². The predicted molar refractivity (Wildman–Crippen MR) is 73.6 cm³/mol. The molecule has 0 spiro atoms. The van der Waals surface area contributed by atoms with E-state index in [1.807, 2.05) is 7.05 Å². The van der Waals surface area contributed by atoms with Gasteiger partial charge in [0.1, 0.15) is 0 Å². The SMILES string of the molecule is CNc1ccc(/C(C)=N\N2CCCCC2)cc1. The van der Waals surface area contributed by atoms with Crippen LogP contribution in [-0.4, -0.2) is 30.9 Å². The third kappa shape index (κ3) is 3.22. The van der Waals surface area contributed by atoms with Crippen molar-refractivity contribution < 1.29 is 0 Å². The number of hydrogen-bond acceptors (Lipinski definition) is 3. The van der Waals surface area contributed by atoms with Gasteiger partial charge in [-0.25, -0.2) is 0 Å². The van der Waals surface area contributed by atoms with Crippen LogP contribution >= 0.6 is 0 Å². The molecule has 1 aliphatic rings. The van der Waals surface area contributed by atoms with Gasteiger partial charge < -0.3 is 5.32 Å². The first-order valence-corrected chi connectivity index (χ1v) is 6.38. The second-order valence-electron chi connectivity index (χ2n) is 4.53. The third-order valence-corrected chi connectivity index (χ3v) is 3.22. The minimum absolute atomic E-state index is 1.10. The van der Waals surface area contributed by atoms with E-state index in [-0.39, 0.29) is 0 Å². The zero-order valence-electron chi connectivity index (χ0n) is 10.7. The molecule has 0 aromatic heterocycles. The highest BCUT2D eigenvalue weighted by atomic mass is 15.4. The van der Waals surface area contributed by atoms with E-state index in [2.05, 4.69) is 41.5 Å². The van der Waals surface area contributed by atoms with Crippen LogP contribution in [0.15, 0.2) is 29.4 Å². The van der Waals surface area contributed by atoms with Crippen molar-refractivity contribution in [1.82, 2.24) is 5.01 Å². The van der Waals surface area contributed by atoms with E-state index in [0.29, 0.717) is 0 Å². The summed E-state index contributed by atoms with van der Waals surface area (Å²) in [4.78, 5) is 0. The fraction of sp³-hybridized carbons (Fsp3) is 0.500. The number of hydrogen-bond donors (Lipinski definition) is 1. The number of rotatable bonds is 3. The van der Waals surface area contributed by atoms with Crippen molar-refractivity contribution in [2.24, 2.45) is 5.10 Å². The molecule has 0 bridgehead atoms. The van der Waals surface area contributed by atoms with Gasteiger partial charge in [0.15, 0.2) is 0 Å². The van der Waals surface area contributed by atoms with Crippen LogP contribution in [0.5, 0.6) is 0 Å². The Labute approximate surface area is 104 Å². The molecule has 1 N–H and O–H groups in total. The maximum Gasteiger partial charge on any atom is 0.0646 e. The van der Waals surface area contributed by atoms with E-state index >= 15 is 0 Å². The van der Waals surface area contributed by atoms with Gasteiger partial charge in [-0.2, -0.15) is 5.10 Å². The van der Waals surface area contributed by atoms with Crippen LogP contribution in [0.25, 0.3) is 0 Å². The van der Waals surface area contributed by atoms with E-state index in [1.165, 1.54) is 24.8 Å². The molecular formula is C14H21N3. The van der Waals surface area contributed by atoms with Gasteiger partial charge in [0.05, 0.1) is 5.71 Å². The molecule has 0 atom stereocenters. The molecule has 1 aromatic carbocycles. The van der Waals surface area contributed by atoms with Crippen molar-refractivity contribution in [2.45, 2.75) is 26.2 Å². The maximum absolute atomic E-state index is 4.69. The molecule has 1 fully saturated rings. The lowest BCUT2D eigenvalue weighted by Gasteiger charge is -2.24. The lowest BCUT2D eigenvalue weighted by Crippen LogP contribution is -2.25. The average Bonchev–Trinajstić information content (AvgIpc) is 2.40. The Morgan fingerprint density at radius 2 is 1.76 bits per heavy atom. The molecule has 0 aliphatic carbocycles. The summed E-state index contributed by atoms with van der Waals surface area (Å²) in [7, 11) is 1.93. The molecule has 0 saturated carbocycles. The highest BCUT2D eigenvalue weighted by Crippen LogP contribution is 2.12. The number of piperidine rings is 1. The first-order valence-electron chi connectivity index (χ1n) is 6.38. The Balaban J connectivity index is 2.06. The van der Waals surface area contributed by atoms with Crippen LogP contribution in [0.2, 0.25) is 0 Å². The van der Waals surface area contributed by atoms with Crippen molar-refractivity contribution >= 4 is 11.4 Å². The van der Waals surface area contributed by atoms with Crippen LogP contribution in [0.4, 0.5) is 5.69 Å². The molecule has 3 heteroatoms. The summed E-state index contributed by atoms with van der Waals surface area (Å²) in [6, 6.07) is 8.42. The van der Waals surface area contributed by atoms with Crippen molar-refractivity contribution in [3.63, 3.8) is 0 Å². The smallest absolute Gasteiger partial charge is 0.0646 e. The van der Waals surface area contributed by atoms with Gasteiger partial charge >= 0.3 is 0 Å². The van der Waals surface area contributed by atoms with E-state index in [4.69, 9.17) is 5.10 Å². The normalized spacial score (nSPS) is 17.1. The minimum Gasteiger partial charge on any atom is -0.388 e. The fourth-order valence-corrected chi connectivity index (χ4v) is 2.13. The number of nitrogens with one attached hydrogen (secondary N) is 1. The molecular weight excluding hydrogens is 210 g/mol. The van der Waals surface area contributed by atoms with E-state index in [9.17, 15) is 0 Å². The number of nitrogens with zero attached hydrogens (tertiary/aromatic N) is 2. The maximum atomic E-state index is 4.69. The van der Waals surface area contributed by atoms with E-state index < -0.39 is 0 Å². The Kier molecular flexibility index (Phi) is 4.02. The minimum atomic E-state index is 1.10. The van der Waals surface area contributed by atoms with Gasteiger partial charge in [0.25, 0.3) is 0 Å². The summed E-state index contributed by atoms with van der Waals surface area (Å²) in [5.74, 6) is 0. The van der Waals surface area contributed by atoms with Gasteiger partial charge in [-0.05, 0) is 43.9 Å². The summed E-state index contributed by atoms with van der Waals surface area (Å²) in [6.07, 6.45) is 3.90. The highest BCUT2D eigenvalue weighted by Gasteiger charge is 2.08. The first kappa shape index (κ1) is 12.0. The molecule has 0 radical (unpaired) electrons. The molecule has 2 rings (SSSR count). The quantitative estimate of drug-likeness (QED) is 0.810. The molecule has 1 heterocycles. The molecule has 0 unspecified atom stereocenters. The standard InChI is InChI=1S/C14H21N3/c1-12(16-17-10-4-3-5-11-17)13-6-8-14(15-2)9-7-13/h6-9,15H,3-5,10-11H2,1-2H3/b16-12-.